The summed E-state index contributed by atoms with van der Waals surface area (Å²) >= 11 is 5.62. The SMILES string of the molecule is COc1ccc(OCC2CN(C3CCN(C(=S)NCCC4=CCCCC4)CC3)C(=O)O2)cc1. The molecule has 0 spiro atoms. The van der Waals surface area contributed by atoms with Gasteiger partial charge < -0.3 is 29.3 Å². The molecule has 0 radical (unpaired) electrons. The Morgan fingerprint density at radius 3 is 2.64 bits per heavy atom. The van der Waals surface area contributed by atoms with Gasteiger partial charge in [-0.15, -0.1) is 0 Å². The molecule has 8 heteroatoms. The smallest absolute Gasteiger partial charge is 0.410 e. The molecule has 1 atom stereocenters. The Morgan fingerprint density at radius 1 is 1.18 bits per heavy atom. The molecular weight excluding hydrogens is 438 g/mol. The number of nitrogens with zero attached hydrogens (tertiary/aromatic N) is 2. The van der Waals surface area contributed by atoms with Gasteiger partial charge in [0.15, 0.2) is 11.2 Å². The molecule has 2 saturated heterocycles. The average molecular weight is 474 g/mol. The standard InChI is InChI=1S/C25H35N3O4S/c1-30-21-7-9-22(10-8-21)31-18-23-17-28(25(29)32-23)20-12-15-27(16-13-20)24(33)26-14-11-19-5-3-2-4-6-19/h5,7-10,20,23H,2-4,6,11-18H2,1H3,(H,26,33). The zero-order valence-electron chi connectivity index (χ0n) is 19.5. The third-order valence-electron chi connectivity index (χ3n) is 6.70. The molecule has 1 N–H and O–H groups in total. The predicted molar refractivity (Wildman–Crippen MR) is 132 cm³/mol. The number of methoxy groups -OCH3 is 1. The molecule has 180 valence electrons. The van der Waals surface area contributed by atoms with Crippen LogP contribution in [0.5, 0.6) is 11.5 Å². The van der Waals surface area contributed by atoms with Crippen LogP contribution in [0.15, 0.2) is 35.9 Å². The maximum Gasteiger partial charge on any atom is 0.410 e. The highest BCUT2D eigenvalue weighted by Gasteiger charge is 2.38. The molecule has 1 unspecified atom stereocenters. The van der Waals surface area contributed by atoms with Crippen molar-refractivity contribution >= 4 is 23.4 Å². The van der Waals surface area contributed by atoms with Gasteiger partial charge in [0.05, 0.1) is 13.7 Å². The molecule has 0 bridgehead atoms. The Morgan fingerprint density at radius 2 is 1.94 bits per heavy atom. The largest absolute Gasteiger partial charge is 0.497 e. The fourth-order valence-electron chi connectivity index (χ4n) is 4.74. The Balaban J connectivity index is 1.16. The van der Waals surface area contributed by atoms with E-state index in [1.54, 1.807) is 12.7 Å². The third kappa shape index (κ3) is 6.53. The number of carbonyl (C=O) groups is 1. The van der Waals surface area contributed by atoms with Gasteiger partial charge in [0.2, 0.25) is 0 Å². The number of piperidine rings is 1. The summed E-state index contributed by atoms with van der Waals surface area (Å²) in [6, 6.07) is 7.60. The van der Waals surface area contributed by atoms with Gasteiger partial charge in [0.1, 0.15) is 18.1 Å². The summed E-state index contributed by atoms with van der Waals surface area (Å²) in [5.41, 5.74) is 1.56. The van der Waals surface area contributed by atoms with E-state index in [1.165, 1.54) is 25.7 Å². The predicted octanol–water partition coefficient (Wildman–Crippen LogP) is 4.12. The Hall–Kier alpha value is -2.48. The van der Waals surface area contributed by atoms with Crippen LogP contribution < -0.4 is 14.8 Å². The van der Waals surface area contributed by atoms with E-state index in [2.05, 4.69) is 16.3 Å². The number of benzene rings is 1. The molecule has 4 rings (SSSR count). The summed E-state index contributed by atoms with van der Waals surface area (Å²) in [7, 11) is 1.63. The second kappa shape index (κ2) is 11.6. The lowest BCUT2D eigenvalue weighted by molar-refractivity contribution is 0.0997. The van der Waals surface area contributed by atoms with Crippen LogP contribution in [0.2, 0.25) is 0 Å². The normalized spacial score (nSPS) is 21.4. The fourth-order valence-corrected chi connectivity index (χ4v) is 5.03. The van der Waals surface area contributed by atoms with Gasteiger partial charge in [0.25, 0.3) is 0 Å². The number of likely N-dealkylation sites (tertiary alicyclic amines) is 1. The van der Waals surface area contributed by atoms with E-state index in [9.17, 15) is 4.79 Å². The van der Waals surface area contributed by atoms with Gasteiger partial charge in [0, 0.05) is 25.7 Å². The van der Waals surface area contributed by atoms with Crippen molar-refractivity contribution in [3.63, 3.8) is 0 Å². The first kappa shape index (κ1) is 23.7. The minimum Gasteiger partial charge on any atom is -0.497 e. The number of hydrogen-bond acceptors (Lipinski definition) is 5. The monoisotopic (exact) mass is 473 g/mol. The summed E-state index contributed by atoms with van der Waals surface area (Å²) < 4.78 is 16.5. The van der Waals surface area contributed by atoms with E-state index in [-0.39, 0.29) is 18.2 Å². The van der Waals surface area contributed by atoms with Gasteiger partial charge in [-0.05, 0) is 81.4 Å². The van der Waals surface area contributed by atoms with Gasteiger partial charge in [-0.3, -0.25) is 0 Å². The molecule has 33 heavy (non-hydrogen) atoms. The summed E-state index contributed by atoms with van der Waals surface area (Å²) in [4.78, 5) is 16.6. The van der Waals surface area contributed by atoms with Gasteiger partial charge in [-0.25, -0.2) is 4.79 Å². The summed E-state index contributed by atoms with van der Waals surface area (Å²) in [5, 5.41) is 4.26. The minimum absolute atomic E-state index is 0.190. The Labute approximate surface area is 202 Å². The number of rotatable bonds is 8. The molecule has 1 aromatic carbocycles. The van der Waals surface area contributed by atoms with Gasteiger partial charge >= 0.3 is 6.09 Å². The van der Waals surface area contributed by atoms with Crippen molar-refractivity contribution in [3.8, 4) is 11.5 Å². The number of ether oxygens (including phenoxy) is 3. The van der Waals surface area contributed by atoms with Crippen molar-refractivity contribution < 1.29 is 19.0 Å². The number of amides is 1. The molecule has 7 nitrogen and oxygen atoms in total. The van der Waals surface area contributed by atoms with Crippen LogP contribution in [0.4, 0.5) is 4.79 Å². The fraction of sp³-hybridized carbons (Fsp3) is 0.600. The number of carbonyl (C=O) groups excluding carboxylic acids is 1. The third-order valence-corrected chi connectivity index (χ3v) is 7.10. The minimum atomic E-state index is -0.255. The van der Waals surface area contributed by atoms with Crippen LogP contribution in [0.3, 0.4) is 0 Å². The van der Waals surface area contributed by atoms with E-state index in [0.717, 1.165) is 55.5 Å². The highest BCUT2D eigenvalue weighted by atomic mass is 32.1. The van der Waals surface area contributed by atoms with E-state index in [1.807, 2.05) is 29.2 Å². The molecule has 1 aliphatic carbocycles. The molecule has 1 amide bonds. The number of nitrogens with one attached hydrogen (secondary N) is 1. The number of thiocarbonyl (C=S) groups is 1. The van der Waals surface area contributed by atoms with E-state index < -0.39 is 0 Å². The molecular formula is C25H35N3O4S. The lowest BCUT2D eigenvalue weighted by Crippen LogP contribution is -2.50. The quantitative estimate of drug-likeness (QED) is 0.450. The summed E-state index contributed by atoms with van der Waals surface area (Å²) in [6.07, 6.45) is 9.87. The molecule has 1 aromatic rings. The second-order valence-electron chi connectivity index (χ2n) is 8.95. The molecule has 0 saturated carbocycles. The first-order chi connectivity index (χ1) is 16.1. The first-order valence-corrected chi connectivity index (χ1v) is 12.5. The van der Waals surface area contributed by atoms with Crippen LogP contribution in [-0.4, -0.2) is 73.0 Å². The molecule has 2 heterocycles. The van der Waals surface area contributed by atoms with Crippen molar-refractivity contribution in [2.24, 2.45) is 0 Å². The molecule has 3 aliphatic rings. The topological polar surface area (TPSA) is 63.3 Å². The first-order valence-electron chi connectivity index (χ1n) is 12.1. The number of cyclic esters (lactones) is 1. The second-order valence-corrected chi connectivity index (χ2v) is 9.34. The Kier molecular flexibility index (Phi) is 8.31. The number of hydrogen-bond donors (Lipinski definition) is 1. The maximum absolute atomic E-state index is 12.5. The molecule has 2 aliphatic heterocycles. The maximum atomic E-state index is 12.5. The van der Waals surface area contributed by atoms with Crippen LogP contribution in [0.25, 0.3) is 0 Å². The lowest BCUT2D eigenvalue weighted by atomic mass is 9.97. The van der Waals surface area contributed by atoms with Gasteiger partial charge in [-0.1, -0.05) is 11.6 Å². The summed E-state index contributed by atoms with van der Waals surface area (Å²) in [5.74, 6) is 1.52. The zero-order chi connectivity index (χ0) is 23.0. The van der Waals surface area contributed by atoms with Crippen molar-refractivity contribution in [2.45, 2.75) is 57.1 Å². The zero-order valence-corrected chi connectivity index (χ0v) is 20.3. The highest BCUT2D eigenvalue weighted by molar-refractivity contribution is 7.80. The number of allylic oxidation sites excluding steroid dienone is 1. The van der Waals surface area contributed by atoms with Crippen molar-refractivity contribution in [3.05, 3.63) is 35.9 Å². The van der Waals surface area contributed by atoms with E-state index in [0.29, 0.717) is 13.2 Å². The van der Waals surface area contributed by atoms with Crippen LogP contribution >= 0.6 is 12.2 Å². The van der Waals surface area contributed by atoms with Gasteiger partial charge in [-0.2, -0.15) is 0 Å². The van der Waals surface area contributed by atoms with Crippen LogP contribution in [-0.2, 0) is 4.74 Å². The molecule has 2 fully saturated rings. The average Bonchev–Trinajstić information content (AvgIpc) is 3.24. The Bertz CT molecular complexity index is 837. The molecule has 0 aromatic heterocycles. The van der Waals surface area contributed by atoms with Crippen molar-refractivity contribution in [1.82, 2.24) is 15.1 Å². The van der Waals surface area contributed by atoms with E-state index in [4.69, 9.17) is 26.4 Å². The van der Waals surface area contributed by atoms with Crippen molar-refractivity contribution in [1.29, 1.82) is 0 Å². The summed E-state index contributed by atoms with van der Waals surface area (Å²) in [6.45, 7) is 3.53. The van der Waals surface area contributed by atoms with Crippen LogP contribution in [0, 0.1) is 0 Å². The van der Waals surface area contributed by atoms with E-state index >= 15 is 0 Å². The lowest BCUT2D eigenvalue weighted by Gasteiger charge is -2.37. The van der Waals surface area contributed by atoms with Crippen molar-refractivity contribution in [2.75, 3.05) is 39.9 Å². The highest BCUT2D eigenvalue weighted by Crippen LogP contribution is 2.24. The van der Waals surface area contributed by atoms with Crippen LogP contribution in [0.1, 0.15) is 44.9 Å².